The van der Waals surface area contributed by atoms with Crippen LogP contribution in [0.3, 0.4) is 0 Å². The number of nitrogens with zero attached hydrogens (tertiary/aromatic N) is 5. The molecule has 0 saturated heterocycles. The Labute approximate surface area is 193 Å². The van der Waals surface area contributed by atoms with Crippen molar-refractivity contribution in [3.05, 3.63) is 77.4 Å². The molecule has 0 amide bonds. The second kappa shape index (κ2) is 8.55. The van der Waals surface area contributed by atoms with Crippen LogP contribution in [0, 0.1) is 6.92 Å². The first-order chi connectivity index (χ1) is 16.0. The minimum absolute atomic E-state index is 0.506. The first-order valence-corrected chi connectivity index (χ1v) is 11.1. The highest BCUT2D eigenvalue weighted by Gasteiger charge is 2.35. The van der Waals surface area contributed by atoms with E-state index in [0.29, 0.717) is 12.4 Å². The molecule has 0 bridgehead atoms. The van der Waals surface area contributed by atoms with Crippen molar-refractivity contribution >= 4 is 11.5 Å². The highest BCUT2D eigenvalue weighted by atomic mass is 16.5. The van der Waals surface area contributed by atoms with Crippen molar-refractivity contribution in [3.8, 4) is 11.3 Å². The lowest BCUT2D eigenvalue weighted by atomic mass is 9.85. The summed E-state index contributed by atoms with van der Waals surface area (Å²) >= 11 is 0. The van der Waals surface area contributed by atoms with Crippen LogP contribution in [-0.4, -0.2) is 57.5 Å². The molecule has 1 unspecified atom stereocenters. The van der Waals surface area contributed by atoms with Crippen molar-refractivity contribution in [2.24, 2.45) is 5.73 Å². The fourth-order valence-corrected chi connectivity index (χ4v) is 4.46. The fourth-order valence-electron chi connectivity index (χ4n) is 4.46. The smallest absolute Gasteiger partial charge is 0.227 e. The Hall–Kier alpha value is -3.33. The summed E-state index contributed by atoms with van der Waals surface area (Å²) in [6, 6.07) is 5.99. The number of aromatic nitrogens is 4. The van der Waals surface area contributed by atoms with Crippen molar-refractivity contribution in [1.29, 1.82) is 0 Å². The van der Waals surface area contributed by atoms with Crippen LogP contribution < -0.4 is 11.1 Å². The number of aryl methyl sites for hydroxylation is 1. The van der Waals surface area contributed by atoms with Gasteiger partial charge in [-0.25, -0.2) is 14.5 Å². The Bertz CT molecular complexity index is 1290. The zero-order chi connectivity index (χ0) is 23.0. The van der Waals surface area contributed by atoms with Crippen LogP contribution in [0.4, 0.5) is 5.95 Å². The van der Waals surface area contributed by atoms with Gasteiger partial charge in [0, 0.05) is 55.8 Å². The predicted molar refractivity (Wildman–Crippen MR) is 129 cm³/mol. The highest BCUT2D eigenvalue weighted by molar-refractivity contribution is 5.79. The number of rotatable bonds is 5. The van der Waals surface area contributed by atoms with Crippen LogP contribution in [0.15, 0.2) is 71.9 Å². The largest absolute Gasteiger partial charge is 0.359 e. The molecule has 4 heterocycles. The third-order valence-corrected chi connectivity index (χ3v) is 6.41. The van der Waals surface area contributed by atoms with Gasteiger partial charge in [0.2, 0.25) is 5.95 Å². The molecular weight excluding hydrogens is 414 g/mol. The van der Waals surface area contributed by atoms with Gasteiger partial charge in [-0.1, -0.05) is 18.2 Å². The number of hydrogen-bond donors (Lipinski definition) is 2. The molecule has 1 aliphatic heterocycles. The minimum atomic E-state index is -0.894. The van der Waals surface area contributed by atoms with E-state index in [9.17, 15) is 0 Å². The SMILES string of the molecule is COC1(N)CC(Nc2ncc(C)c(-c3cnn4ccccc34)n2)=CC=C1C1=CCN(C)CC1. The Balaban J connectivity index is 1.44. The normalized spacial score (nSPS) is 21.5. The average Bonchev–Trinajstić information content (AvgIpc) is 3.25. The zero-order valence-electron chi connectivity index (χ0n) is 19.2. The molecule has 8 nitrogen and oxygen atoms in total. The molecule has 1 aliphatic carbocycles. The first kappa shape index (κ1) is 21.5. The van der Waals surface area contributed by atoms with Gasteiger partial charge in [-0.15, -0.1) is 0 Å². The summed E-state index contributed by atoms with van der Waals surface area (Å²) in [5.74, 6) is 0.519. The Morgan fingerprint density at radius 2 is 2.09 bits per heavy atom. The molecule has 33 heavy (non-hydrogen) atoms. The van der Waals surface area contributed by atoms with E-state index in [0.717, 1.165) is 53.1 Å². The Morgan fingerprint density at radius 3 is 2.88 bits per heavy atom. The molecule has 0 saturated carbocycles. The number of allylic oxidation sites excluding steroid dienone is 2. The van der Waals surface area contributed by atoms with E-state index in [1.54, 1.807) is 7.11 Å². The van der Waals surface area contributed by atoms with Gasteiger partial charge < -0.3 is 15.0 Å². The van der Waals surface area contributed by atoms with Gasteiger partial charge in [0.25, 0.3) is 0 Å². The van der Waals surface area contributed by atoms with Gasteiger partial charge in [-0.05, 0) is 49.7 Å². The minimum Gasteiger partial charge on any atom is -0.359 e. The molecule has 3 N–H and O–H groups in total. The molecule has 2 aliphatic rings. The zero-order valence-corrected chi connectivity index (χ0v) is 19.2. The molecule has 3 aromatic heterocycles. The van der Waals surface area contributed by atoms with E-state index in [1.807, 2.05) is 48.2 Å². The molecule has 170 valence electrons. The number of ether oxygens (including phenoxy) is 1. The maximum absolute atomic E-state index is 6.73. The van der Waals surface area contributed by atoms with Gasteiger partial charge >= 0.3 is 0 Å². The van der Waals surface area contributed by atoms with Gasteiger partial charge in [-0.3, -0.25) is 5.73 Å². The summed E-state index contributed by atoms with van der Waals surface area (Å²) in [5, 5.41) is 7.80. The molecule has 5 rings (SSSR count). The van der Waals surface area contributed by atoms with Crippen molar-refractivity contribution < 1.29 is 4.74 Å². The molecular formula is C25H29N7O. The quantitative estimate of drug-likeness (QED) is 0.585. The van der Waals surface area contributed by atoms with Crippen molar-refractivity contribution in [1.82, 2.24) is 24.5 Å². The maximum atomic E-state index is 6.73. The number of anilines is 1. The van der Waals surface area contributed by atoms with Gasteiger partial charge in [-0.2, -0.15) is 5.10 Å². The van der Waals surface area contributed by atoms with E-state index >= 15 is 0 Å². The molecule has 8 heteroatoms. The van der Waals surface area contributed by atoms with E-state index in [1.165, 1.54) is 5.57 Å². The van der Waals surface area contributed by atoms with Crippen LogP contribution in [0.25, 0.3) is 16.8 Å². The van der Waals surface area contributed by atoms with E-state index in [-0.39, 0.29) is 0 Å². The number of methoxy groups -OCH3 is 1. The summed E-state index contributed by atoms with van der Waals surface area (Å²) in [7, 11) is 3.79. The average molecular weight is 444 g/mol. The van der Waals surface area contributed by atoms with Crippen LogP contribution >= 0.6 is 0 Å². The summed E-state index contributed by atoms with van der Waals surface area (Å²) in [4.78, 5) is 11.6. The van der Waals surface area contributed by atoms with Gasteiger partial charge in [0.15, 0.2) is 0 Å². The number of nitrogens with two attached hydrogens (primary N) is 1. The predicted octanol–water partition coefficient (Wildman–Crippen LogP) is 3.29. The standard InChI is InChI=1S/C25H29N7O/c1-17-15-27-24(30-23(17)20-16-28-32-11-5-4-6-22(20)32)29-19-7-8-21(25(26,14-19)33-3)18-9-12-31(2)13-10-18/h4-9,11,15-16H,10,12-14,26H2,1-3H3,(H,27,29,30). The summed E-state index contributed by atoms with van der Waals surface area (Å²) < 4.78 is 7.66. The maximum Gasteiger partial charge on any atom is 0.227 e. The van der Waals surface area contributed by atoms with Crippen LogP contribution in [0.2, 0.25) is 0 Å². The Morgan fingerprint density at radius 1 is 1.21 bits per heavy atom. The van der Waals surface area contributed by atoms with Crippen molar-refractivity contribution in [2.45, 2.75) is 25.5 Å². The van der Waals surface area contributed by atoms with Crippen molar-refractivity contribution in [3.63, 3.8) is 0 Å². The lowest BCUT2D eigenvalue weighted by Gasteiger charge is -2.37. The molecule has 1 atom stereocenters. The second-order valence-electron chi connectivity index (χ2n) is 8.72. The third-order valence-electron chi connectivity index (χ3n) is 6.41. The third kappa shape index (κ3) is 4.08. The number of nitrogens with one attached hydrogen (secondary N) is 1. The molecule has 3 aromatic rings. The molecule has 0 spiro atoms. The highest BCUT2D eigenvalue weighted by Crippen LogP contribution is 2.35. The van der Waals surface area contributed by atoms with Crippen molar-refractivity contribution in [2.75, 3.05) is 32.6 Å². The molecule has 0 aromatic carbocycles. The molecule has 0 fully saturated rings. The van der Waals surface area contributed by atoms with Crippen LogP contribution in [0.1, 0.15) is 18.4 Å². The van der Waals surface area contributed by atoms with Crippen LogP contribution in [-0.2, 0) is 4.74 Å². The van der Waals surface area contributed by atoms with E-state index < -0.39 is 5.72 Å². The summed E-state index contributed by atoms with van der Waals surface area (Å²) in [6.45, 7) is 3.94. The number of pyridine rings is 1. The van der Waals surface area contributed by atoms with E-state index in [2.05, 4.69) is 45.6 Å². The monoisotopic (exact) mass is 443 g/mol. The topological polar surface area (TPSA) is 93.6 Å². The Kier molecular flexibility index (Phi) is 5.57. The lowest BCUT2D eigenvalue weighted by Crippen LogP contribution is -2.47. The van der Waals surface area contributed by atoms with Gasteiger partial charge in [0.05, 0.1) is 17.4 Å². The number of likely N-dealkylation sites (N-methyl/N-ethyl adjacent to an activating group) is 1. The summed E-state index contributed by atoms with van der Waals surface area (Å²) in [5.41, 5.74) is 12.9. The van der Waals surface area contributed by atoms with Gasteiger partial charge in [0.1, 0.15) is 5.72 Å². The fraction of sp³-hybridized carbons (Fsp3) is 0.320. The lowest BCUT2D eigenvalue weighted by molar-refractivity contribution is 0.0280. The number of fused-ring (bicyclic) bond motifs is 1. The van der Waals surface area contributed by atoms with E-state index in [4.69, 9.17) is 15.5 Å². The summed E-state index contributed by atoms with van der Waals surface area (Å²) in [6.07, 6.45) is 13.4. The number of hydrogen-bond acceptors (Lipinski definition) is 7. The van der Waals surface area contributed by atoms with Crippen LogP contribution in [0.5, 0.6) is 0 Å². The second-order valence-corrected chi connectivity index (χ2v) is 8.72. The molecule has 0 radical (unpaired) electrons. The first-order valence-electron chi connectivity index (χ1n) is 11.1.